The number of carbonyl (C=O) groups is 1. The van der Waals surface area contributed by atoms with E-state index in [4.69, 9.17) is 26.2 Å². The van der Waals surface area contributed by atoms with Crippen molar-refractivity contribution in [2.75, 3.05) is 26.3 Å². The molecule has 7 nitrogen and oxygen atoms in total. The minimum atomic E-state index is -1.10. The number of amides is 2. The van der Waals surface area contributed by atoms with Crippen LogP contribution in [0.3, 0.4) is 0 Å². The summed E-state index contributed by atoms with van der Waals surface area (Å²) >= 11 is 0. The number of rotatable bonds is 6. The van der Waals surface area contributed by atoms with Gasteiger partial charge < -0.3 is 31.1 Å². The molecule has 2 unspecified atom stereocenters. The summed E-state index contributed by atoms with van der Waals surface area (Å²) in [5.74, 6) is 0. The minimum Gasteiger partial charge on any atom is -0.394 e. The highest BCUT2D eigenvalue weighted by Gasteiger charge is 2.17. The van der Waals surface area contributed by atoms with Crippen LogP contribution in [0.1, 0.15) is 0 Å². The summed E-state index contributed by atoms with van der Waals surface area (Å²) in [4.78, 5) is 11.7. The zero-order valence-electron chi connectivity index (χ0n) is 7.70. The van der Waals surface area contributed by atoms with Gasteiger partial charge in [0.1, 0.15) is 0 Å². The Hall–Kier alpha value is -0.890. The first-order chi connectivity index (χ1) is 6.51. The van der Waals surface area contributed by atoms with E-state index in [1.807, 2.05) is 0 Å². The third-order valence-corrected chi connectivity index (χ3v) is 1.60. The number of nitrogens with zero attached hydrogens (tertiary/aromatic N) is 1. The second kappa shape index (κ2) is 6.55. The topological polar surface area (TPSA) is 127 Å². The number of primary amides is 1. The van der Waals surface area contributed by atoms with E-state index in [2.05, 4.69) is 0 Å². The van der Waals surface area contributed by atoms with E-state index in [1.165, 1.54) is 0 Å². The van der Waals surface area contributed by atoms with Crippen molar-refractivity contribution in [3.05, 3.63) is 0 Å². The third-order valence-electron chi connectivity index (χ3n) is 1.60. The van der Waals surface area contributed by atoms with Gasteiger partial charge in [-0.2, -0.15) is 0 Å². The van der Waals surface area contributed by atoms with Crippen LogP contribution >= 0.6 is 0 Å². The molecule has 84 valence electrons. The Bertz CT molecular complexity index is 165. The molecule has 6 N–H and O–H groups in total. The third kappa shape index (κ3) is 4.97. The molecule has 2 amide bonds. The second-order valence-corrected chi connectivity index (χ2v) is 2.92. The quantitative estimate of drug-likeness (QED) is 0.319. The van der Waals surface area contributed by atoms with Crippen LogP contribution in [0, 0.1) is 0 Å². The fourth-order valence-corrected chi connectivity index (χ4v) is 0.879. The molecule has 0 aliphatic rings. The highest BCUT2D eigenvalue weighted by Crippen LogP contribution is 1.95. The van der Waals surface area contributed by atoms with Crippen molar-refractivity contribution in [1.82, 2.24) is 4.90 Å². The first kappa shape index (κ1) is 13.1. The van der Waals surface area contributed by atoms with Gasteiger partial charge in [-0.05, 0) is 0 Å². The molecule has 0 saturated heterocycles. The van der Waals surface area contributed by atoms with Gasteiger partial charge in [0, 0.05) is 0 Å². The van der Waals surface area contributed by atoms with Gasteiger partial charge in [0.05, 0.1) is 38.5 Å². The first-order valence-electron chi connectivity index (χ1n) is 4.13. The smallest absolute Gasteiger partial charge is 0.314 e. The molecule has 0 radical (unpaired) electrons. The Balaban J connectivity index is 4.09. The summed E-state index contributed by atoms with van der Waals surface area (Å²) in [5.41, 5.74) is 4.94. The molecule has 0 heterocycles. The molecule has 0 fully saturated rings. The first-order valence-corrected chi connectivity index (χ1v) is 4.13. The average Bonchev–Trinajstić information content (AvgIpc) is 2.16. The zero-order chi connectivity index (χ0) is 11.1. The van der Waals surface area contributed by atoms with Crippen molar-refractivity contribution in [2.24, 2.45) is 5.73 Å². The summed E-state index contributed by atoms with van der Waals surface area (Å²) in [7, 11) is 0. The summed E-state index contributed by atoms with van der Waals surface area (Å²) in [5, 5.41) is 35.1. The fourth-order valence-electron chi connectivity index (χ4n) is 0.879. The molecule has 0 saturated carbocycles. The van der Waals surface area contributed by atoms with Crippen molar-refractivity contribution >= 4 is 6.03 Å². The van der Waals surface area contributed by atoms with Crippen LogP contribution in [0.5, 0.6) is 0 Å². The largest absolute Gasteiger partial charge is 0.394 e. The molecule has 0 spiro atoms. The summed E-state index contributed by atoms with van der Waals surface area (Å²) in [6.07, 6.45) is -2.21. The number of carbonyl (C=O) groups excluding carboxylic acids is 1. The monoisotopic (exact) mass is 208 g/mol. The summed E-state index contributed by atoms with van der Waals surface area (Å²) < 4.78 is 0. The van der Waals surface area contributed by atoms with Gasteiger partial charge in [-0.25, -0.2) is 4.79 Å². The van der Waals surface area contributed by atoms with Gasteiger partial charge in [-0.3, -0.25) is 0 Å². The SMILES string of the molecule is NC(=O)N(CC(O)CO)CC(O)CO. The Morgan fingerprint density at radius 3 is 1.71 bits per heavy atom. The molecule has 2 atom stereocenters. The number of urea groups is 1. The van der Waals surface area contributed by atoms with Crippen LogP contribution in [0.25, 0.3) is 0 Å². The van der Waals surface area contributed by atoms with Crippen LogP contribution < -0.4 is 5.73 Å². The number of nitrogens with two attached hydrogens (primary N) is 1. The predicted molar refractivity (Wildman–Crippen MR) is 47.3 cm³/mol. The predicted octanol–water partition coefficient (Wildman–Crippen LogP) is -2.93. The van der Waals surface area contributed by atoms with Crippen molar-refractivity contribution in [2.45, 2.75) is 12.2 Å². The Morgan fingerprint density at radius 2 is 1.50 bits per heavy atom. The maximum atomic E-state index is 10.8. The normalized spacial score (nSPS) is 14.9. The van der Waals surface area contributed by atoms with E-state index in [9.17, 15) is 4.79 Å². The molecule has 0 rings (SSSR count). The van der Waals surface area contributed by atoms with Crippen molar-refractivity contribution in [3.63, 3.8) is 0 Å². The van der Waals surface area contributed by atoms with Gasteiger partial charge in [0.25, 0.3) is 0 Å². The van der Waals surface area contributed by atoms with Crippen LogP contribution in [-0.2, 0) is 0 Å². The Labute approximate surface area is 81.4 Å². The Kier molecular flexibility index (Phi) is 6.13. The molecule has 0 aliphatic carbocycles. The lowest BCUT2D eigenvalue weighted by molar-refractivity contribution is 0.0373. The number of aliphatic hydroxyl groups excluding tert-OH is 4. The highest BCUT2D eigenvalue weighted by molar-refractivity contribution is 5.72. The second-order valence-electron chi connectivity index (χ2n) is 2.92. The molecular formula is C7H16N2O5. The number of aliphatic hydroxyl groups is 4. The molecule has 0 aromatic rings. The van der Waals surface area contributed by atoms with Crippen LogP contribution in [0.4, 0.5) is 4.79 Å². The number of hydrogen-bond acceptors (Lipinski definition) is 5. The van der Waals surface area contributed by atoms with Gasteiger partial charge in [-0.15, -0.1) is 0 Å². The average molecular weight is 208 g/mol. The Morgan fingerprint density at radius 1 is 1.14 bits per heavy atom. The lowest BCUT2D eigenvalue weighted by Gasteiger charge is -2.24. The van der Waals surface area contributed by atoms with E-state index in [1.54, 1.807) is 0 Å². The van der Waals surface area contributed by atoms with Gasteiger partial charge in [0.15, 0.2) is 0 Å². The zero-order valence-corrected chi connectivity index (χ0v) is 7.70. The van der Waals surface area contributed by atoms with E-state index >= 15 is 0 Å². The van der Waals surface area contributed by atoms with Gasteiger partial charge >= 0.3 is 6.03 Å². The van der Waals surface area contributed by atoms with Gasteiger partial charge in [0.2, 0.25) is 0 Å². The molecule has 0 aromatic carbocycles. The molecular weight excluding hydrogens is 192 g/mol. The minimum absolute atomic E-state index is 0.178. The molecule has 0 aliphatic heterocycles. The molecule has 7 heteroatoms. The standard InChI is InChI=1S/C7H16N2O5/c8-7(14)9(1-5(12)3-10)2-6(13)4-11/h5-6,10-13H,1-4H2,(H2,8,14). The molecule has 0 aromatic heterocycles. The van der Waals surface area contributed by atoms with Crippen LogP contribution in [0.2, 0.25) is 0 Å². The van der Waals surface area contributed by atoms with E-state index in [0.717, 1.165) is 4.90 Å². The molecule has 14 heavy (non-hydrogen) atoms. The van der Waals surface area contributed by atoms with E-state index in [-0.39, 0.29) is 13.1 Å². The maximum absolute atomic E-state index is 10.8. The fraction of sp³-hybridized carbons (Fsp3) is 0.857. The van der Waals surface area contributed by atoms with Crippen molar-refractivity contribution in [1.29, 1.82) is 0 Å². The highest BCUT2D eigenvalue weighted by atomic mass is 16.3. The maximum Gasteiger partial charge on any atom is 0.314 e. The van der Waals surface area contributed by atoms with Crippen molar-refractivity contribution in [3.8, 4) is 0 Å². The summed E-state index contributed by atoms with van der Waals surface area (Å²) in [6.45, 7) is -1.36. The van der Waals surface area contributed by atoms with Gasteiger partial charge in [-0.1, -0.05) is 0 Å². The lowest BCUT2D eigenvalue weighted by Crippen LogP contribution is -2.46. The molecule has 0 bridgehead atoms. The lowest BCUT2D eigenvalue weighted by atomic mass is 10.3. The van der Waals surface area contributed by atoms with Crippen LogP contribution in [-0.4, -0.2) is 69.9 Å². The van der Waals surface area contributed by atoms with E-state index < -0.39 is 31.5 Å². The van der Waals surface area contributed by atoms with Crippen LogP contribution in [0.15, 0.2) is 0 Å². The number of hydrogen-bond donors (Lipinski definition) is 5. The summed E-state index contributed by atoms with van der Waals surface area (Å²) in [6, 6.07) is -0.829. The van der Waals surface area contributed by atoms with Crippen molar-refractivity contribution < 1.29 is 25.2 Å². The van der Waals surface area contributed by atoms with E-state index in [0.29, 0.717) is 0 Å².